The molecule has 0 aromatic heterocycles. The average molecular weight is 661 g/mol. The number of esters is 5. The summed E-state index contributed by atoms with van der Waals surface area (Å²) in [7, 11) is 0. The second kappa shape index (κ2) is 15.4. The van der Waals surface area contributed by atoms with Gasteiger partial charge in [0.2, 0.25) is 0 Å². The van der Waals surface area contributed by atoms with E-state index in [0.717, 1.165) is 20.8 Å². The van der Waals surface area contributed by atoms with Gasteiger partial charge in [0.15, 0.2) is 30.9 Å². The molecule has 1 aromatic carbocycles. The SMILES string of the molecule is CC(=O)OC[C@H]1O[C@H](O[C@@H]2[C@@H](OC(C)=O)[C@@H](O)O[C@H](CBr)[C@H]2OC(=O)c2ccccc2)C[C@@H](OC(C)=O)[C@H]1OC(C)=O. The van der Waals surface area contributed by atoms with E-state index >= 15 is 0 Å². The fraction of sp³-hybridized carbons (Fsp3) is 0.593. The van der Waals surface area contributed by atoms with Crippen molar-refractivity contribution in [2.75, 3.05) is 11.9 Å². The number of carbonyl (C=O) groups excluding carboxylic acids is 5. The monoisotopic (exact) mass is 660 g/mol. The Morgan fingerprint density at radius 1 is 0.786 bits per heavy atom. The number of carbonyl (C=O) groups is 5. The molecular formula is C27H33BrO14. The molecular weight excluding hydrogens is 628 g/mol. The molecule has 9 atom stereocenters. The van der Waals surface area contributed by atoms with Gasteiger partial charge in [-0.2, -0.15) is 0 Å². The van der Waals surface area contributed by atoms with E-state index in [1.807, 2.05) is 0 Å². The summed E-state index contributed by atoms with van der Waals surface area (Å²) < 4.78 is 44.6. The molecule has 232 valence electrons. The standard InChI is InChI=1S/C27H33BrO14/c1-13(29)35-12-20-22(37-15(3)31)18(36-14(2)30)10-21(39-20)41-24-23(42-26(33)17-8-6-5-7-9-17)19(11-28)40-27(34)25(24)38-16(4)32/h5-9,18-25,27,34H,10-12H2,1-4H3/t18-,19-,20-,21-,22-,23-,24+,25-,27+/m1/s1. The van der Waals surface area contributed by atoms with Gasteiger partial charge in [0.1, 0.15) is 31.0 Å². The van der Waals surface area contributed by atoms with Gasteiger partial charge in [-0.25, -0.2) is 4.79 Å². The summed E-state index contributed by atoms with van der Waals surface area (Å²) in [5.41, 5.74) is 0.217. The van der Waals surface area contributed by atoms with E-state index in [2.05, 4.69) is 15.9 Å². The first-order chi connectivity index (χ1) is 19.9. The van der Waals surface area contributed by atoms with Crippen molar-refractivity contribution in [2.45, 2.75) is 89.4 Å². The molecule has 42 heavy (non-hydrogen) atoms. The van der Waals surface area contributed by atoms with Crippen molar-refractivity contribution in [1.82, 2.24) is 0 Å². The quantitative estimate of drug-likeness (QED) is 0.215. The van der Waals surface area contributed by atoms with Crippen LogP contribution in [0.15, 0.2) is 30.3 Å². The molecule has 2 aliphatic rings. The van der Waals surface area contributed by atoms with Crippen LogP contribution in [-0.2, 0) is 57.1 Å². The zero-order valence-electron chi connectivity index (χ0n) is 23.3. The van der Waals surface area contributed by atoms with Crippen molar-refractivity contribution in [1.29, 1.82) is 0 Å². The molecule has 0 amide bonds. The predicted octanol–water partition coefficient (Wildman–Crippen LogP) is 1.18. The maximum Gasteiger partial charge on any atom is 0.338 e. The molecule has 2 saturated heterocycles. The Kier molecular flexibility index (Phi) is 12.2. The second-order valence-corrected chi connectivity index (χ2v) is 10.1. The fourth-order valence-corrected chi connectivity index (χ4v) is 5.08. The molecule has 0 aliphatic carbocycles. The summed E-state index contributed by atoms with van der Waals surface area (Å²) in [6, 6.07) is 8.07. The van der Waals surface area contributed by atoms with E-state index in [4.69, 9.17) is 37.9 Å². The highest BCUT2D eigenvalue weighted by atomic mass is 79.9. The van der Waals surface area contributed by atoms with Crippen molar-refractivity contribution >= 4 is 45.8 Å². The third kappa shape index (κ3) is 9.19. The Morgan fingerprint density at radius 3 is 1.98 bits per heavy atom. The molecule has 2 aliphatic heterocycles. The number of aliphatic hydroxyl groups excluding tert-OH is 1. The molecule has 1 aromatic rings. The predicted molar refractivity (Wildman–Crippen MR) is 142 cm³/mol. The van der Waals surface area contributed by atoms with Gasteiger partial charge in [0, 0.05) is 39.4 Å². The van der Waals surface area contributed by atoms with Crippen LogP contribution in [0.2, 0.25) is 0 Å². The Bertz CT molecular complexity index is 1110. The molecule has 14 nitrogen and oxygen atoms in total. The average Bonchev–Trinajstić information content (AvgIpc) is 2.91. The summed E-state index contributed by atoms with van der Waals surface area (Å²) in [4.78, 5) is 60.3. The molecule has 0 unspecified atom stereocenters. The first kappa shape index (κ1) is 33.4. The van der Waals surface area contributed by atoms with Gasteiger partial charge >= 0.3 is 29.8 Å². The number of rotatable bonds is 10. The number of benzene rings is 1. The Balaban J connectivity index is 1.96. The zero-order valence-corrected chi connectivity index (χ0v) is 24.9. The topological polar surface area (TPSA) is 179 Å². The largest absolute Gasteiger partial charge is 0.463 e. The van der Waals surface area contributed by atoms with Crippen molar-refractivity contribution in [3.8, 4) is 0 Å². The summed E-state index contributed by atoms with van der Waals surface area (Å²) in [5, 5.41) is 10.8. The highest BCUT2D eigenvalue weighted by Gasteiger charge is 2.53. The lowest BCUT2D eigenvalue weighted by molar-refractivity contribution is -0.333. The van der Waals surface area contributed by atoms with Crippen molar-refractivity contribution in [3.63, 3.8) is 0 Å². The van der Waals surface area contributed by atoms with Crippen LogP contribution >= 0.6 is 15.9 Å². The van der Waals surface area contributed by atoms with Crippen molar-refractivity contribution in [3.05, 3.63) is 35.9 Å². The minimum atomic E-state index is -1.69. The van der Waals surface area contributed by atoms with E-state index in [-0.39, 0.29) is 17.3 Å². The van der Waals surface area contributed by atoms with Crippen LogP contribution in [0.4, 0.5) is 0 Å². The van der Waals surface area contributed by atoms with E-state index in [9.17, 15) is 29.1 Å². The van der Waals surface area contributed by atoms with Gasteiger partial charge in [0.25, 0.3) is 0 Å². The van der Waals surface area contributed by atoms with Crippen LogP contribution in [0.25, 0.3) is 0 Å². The zero-order chi connectivity index (χ0) is 31.0. The molecule has 2 heterocycles. The lowest BCUT2D eigenvalue weighted by Crippen LogP contribution is -2.63. The summed E-state index contributed by atoms with van der Waals surface area (Å²) >= 11 is 3.28. The Morgan fingerprint density at radius 2 is 1.40 bits per heavy atom. The van der Waals surface area contributed by atoms with E-state index < -0.39 is 91.8 Å². The van der Waals surface area contributed by atoms with E-state index in [0.29, 0.717) is 0 Å². The molecule has 3 rings (SSSR count). The maximum absolute atomic E-state index is 13.0. The molecule has 2 fully saturated rings. The molecule has 1 N–H and O–H groups in total. The van der Waals surface area contributed by atoms with Crippen LogP contribution in [0.1, 0.15) is 44.5 Å². The van der Waals surface area contributed by atoms with Crippen LogP contribution in [0.3, 0.4) is 0 Å². The number of ether oxygens (including phenoxy) is 8. The lowest BCUT2D eigenvalue weighted by Gasteiger charge is -2.46. The highest BCUT2D eigenvalue weighted by Crippen LogP contribution is 2.34. The number of alkyl halides is 1. The van der Waals surface area contributed by atoms with Gasteiger partial charge in [-0.05, 0) is 12.1 Å². The van der Waals surface area contributed by atoms with Crippen LogP contribution in [-0.4, -0.2) is 102 Å². The minimum absolute atomic E-state index is 0.0780. The number of halogens is 1. The molecule has 0 spiro atoms. The smallest absolute Gasteiger partial charge is 0.338 e. The lowest BCUT2D eigenvalue weighted by atomic mass is 9.97. The molecule has 0 saturated carbocycles. The Labute approximate surface area is 249 Å². The summed E-state index contributed by atoms with van der Waals surface area (Å²) in [5.74, 6) is -3.58. The van der Waals surface area contributed by atoms with Gasteiger partial charge in [-0.1, -0.05) is 34.1 Å². The minimum Gasteiger partial charge on any atom is -0.463 e. The van der Waals surface area contributed by atoms with Gasteiger partial charge < -0.3 is 43.0 Å². The normalized spacial score (nSPS) is 30.9. The van der Waals surface area contributed by atoms with Crippen LogP contribution in [0, 0.1) is 0 Å². The van der Waals surface area contributed by atoms with E-state index in [1.165, 1.54) is 19.1 Å². The Hall–Kier alpha value is -3.11. The fourth-order valence-electron chi connectivity index (χ4n) is 4.56. The maximum atomic E-state index is 13.0. The molecule has 0 bridgehead atoms. The molecule has 15 heteroatoms. The number of aliphatic hydroxyl groups is 1. The van der Waals surface area contributed by atoms with Crippen molar-refractivity contribution in [2.24, 2.45) is 0 Å². The number of hydrogen-bond acceptors (Lipinski definition) is 14. The van der Waals surface area contributed by atoms with Crippen LogP contribution in [0.5, 0.6) is 0 Å². The molecule has 0 radical (unpaired) electrons. The third-order valence-electron chi connectivity index (χ3n) is 6.18. The third-order valence-corrected chi connectivity index (χ3v) is 6.82. The summed E-state index contributed by atoms with van der Waals surface area (Å²) in [6.45, 7) is 4.18. The highest BCUT2D eigenvalue weighted by molar-refractivity contribution is 9.09. The van der Waals surface area contributed by atoms with Gasteiger partial charge in [-0.3, -0.25) is 19.2 Å². The van der Waals surface area contributed by atoms with Gasteiger partial charge in [-0.15, -0.1) is 0 Å². The first-order valence-electron chi connectivity index (χ1n) is 13.0. The van der Waals surface area contributed by atoms with Crippen LogP contribution < -0.4 is 0 Å². The van der Waals surface area contributed by atoms with Gasteiger partial charge in [0.05, 0.1) is 5.56 Å². The first-order valence-corrected chi connectivity index (χ1v) is 14.1. The summed E-state index contributed by atoms with van der Waals surface area (Å²) in [6.07, 6.45) is -11.7. The van der Waals surface area contributed by atoms with Crippen molar-refractivity contribution < 1.29 is 67.0 Å². The van der Waals surface area contributed by atoms with E-state index in [1.54, 1.807) is 18.2 Å². The second-order valence-electron chi connectivity index (χ2n) is 9.49. The number of hydrogen-bond donors (Lipinski definition) is 1.